The van der Waals surface area contributed by atoms with Crippen LogP contribution < -0.4 is 19.5 Å². The molecule has 8 heteroatoms. The van der Waals surface area contributed by atoms with Crippen molar-refractivity contribution in [2.45, 2.75) is 12.8 Å². The van der Waals surface area contributed by atoms with Crippen LogP contribution in [0.3, 0.4) is 0 Å². The van der Waals surface area contributed by atoms with Crippen LogP contribution in [0.4, 0.5) is 5.69 Å². The molecule has 0 atom stereocenters. The van der Waals surface area contributed by atoms with E-state index < -0.39 is 10.0 Å². The number of carbonyl (C=O) groups is 1. The lowest BCUT2D eigenvalue weighted by atomic mass is 10.1. The minimum atomic E-state index is -3.50. The van der Waals surface area contributed by atoms with Crippen molar-refractivity contribution in [3.05, 3.63) is 54.1 Å². The average Bonchev–Trinajstić information content (AvgIpc) is 3.08. The lowest BCUT2D eigenvalue weighted by molar-refractivity contribution is -0.120. The first-order valence-corrected chi connectivity index (χ1v) is 9.88. The third kappa shape index (κ3) is 5.13. The number of amides is 1. The normalized spacial score (nSPS) is 12.6. The van der Waals surface area contributed by atoms with E-state index in [1.54, 1.807) is 30.3 Å². The maximum Gasteiger partial charge on any atom is 0.234 e. The molecule has 26 heavy (non-hydrogen) atoms. The van der Waals surface area contributed by atoms with Gasteiger partial charge in [0.2, 0.25) is 22.7 Å². The minimum absolute atomic E-state index is 0.0577. The molecular weight excluding hydrogens is 356 g/mol. The number of aryl methyl sites for hydroxylation is 1. The number of ether oxygens (including phenoxy) is 2. The van der Waals surface area contributed by atoms with Gasteiger partial charge in [0, 0.05) is 18.7 Å². The molecule has 0 aliphatic carbocycles. The molecule has 2 N–H and O–H groups in total. The number of rotatable bonds is 8. The van der Waals surface area contributed by atoms with Gasteiger partial charge in [0.05, 0.1) is 5.75 Å². The van der Waals surface area contributed by atoms with Gasteiger partial charge >= 0.3 is 0 Å². The molecule has 3 rings (SSSR count). The van der Waals surface area contributed by atoms with Crippen molar-refractivity contribution in [2.24, 2.45) is 0 Å². The third-order valence-electron chi connectivity index (χ3n) is 3.82. The summed E-state index contributed by atoms with van der Waals surface area (Å²) in [6.07, 6.45) is 0.809. The van der Waals surface area contributed by atoms with Crippen molar-refractivity contribution in [3.8, 4) is 11.5 Å². The smallest absolute Gasteiger partial charge is 0.234 e. The molecule has 0 bridgehead atoms. The molecule has 2 aromatic rings. The van der Waals surface area contributed by atoms with E-state index in [4.69, 9.17) is 9.47 Å². The summed E-state index contributed by atoms with van der Waals surface area (Å²) in [5.74, 6) is 1.00. The lowest BCUT2D eigenvalue weighted by Gasteiger charge is -2.09. The zero-order chi connectivity index (χ0) is 18.4. The van der Waals surface area contributed by atoms with Crippen LogP contribution in [-0.2, 0) is 21.2 Å². The second-order valence-corrected chi connectivity index (χ2v) is 7.67. The van der Waals surface area contributed by atoms with Crippen LogP contribution in [0.1, 0.15) is 12.0 Å². The Morgan fingerprint density at radius 2 is 1.81 bits per heavy atom. The quantitative estimate of drug-likeness (QED) is 0.734. The Bertz CT molecular complexity index is 868. The first kappa shape index (κ1) is 18.1. The van der Waals surface area contributed by atoms with Gasteiger partial charge in [-0.3, -0.25) is 9.52 Å². The maximum atomic E-state index is 12.0. The largest absolute Gasteiger partial charge is 0.454 e. The van der Waals surface area contributed by atoms with Crippen LogP contribution in [0.15, 0.2) is 48.5 Å². The molecule has 1 aliphatic rings. The van der Waals surface area contributed by atoms with Crippen molar-refractivity contribution in [3.63, 3.8) is 0 Å². The Morgan fingerprint density at radius 3 is 2.62 bits per heavy atom. The van der Waals surface area contributed by atoms with E-state index >= 15 is 0 Å². The number of anilines is 1. The standard InChI is InChI=1S/C18H20N2O5S/c21-18(9-7-14-6-8-16-17(12-14)25-13-24-16)19-10-11-26(22,23)20-15-4-2-1-3-5-15/h1-6,8,12,20H,7,9-11,13H2,(H,19,21). The fourth-order valence-corrected chi connectivity index (χ4v) is 3.47. The minimum Gasteiger partial charge on any atom is -0.454 e. The fraction of sp³-hybridized carbons (Fsp3) is 0.278. The second kappa shape index (κ2) is 8.09. The molecule has 1 amide bonds. The van der Waals surface area contributed by atoms with E-state index in [2.05, 4.69) is 10.0 Å². The maximum absolute atomic E-state index is 12.0. The number of carbonyl (C=O) groups excluding carboxylic acids is 1. The number of sulfonamides is 1. The number of fused-ring (bicyclic) bond motifs is 1. The van der Waals surface area contributed by atoms with Gasteiger partial charge in [-0.2, -0.15) is 0 Å². The number of para-hydroxylation sites is 1. The molecule has 2 aromatic carbocycles. The number of benzene rings is 2. The second-order valence-electron chi connectivity index (χ2n) is 5.82. The molecule has 1 aliphatic heterocycles. The summed E-state index contributed by atoms with van der Waals surface area (Å²) < 4.78 is 37.0. The highest BCUT2D eigenvalue weighted by Crippen LogP contribution is 2.32. The van der Waals surface area contributed by atoms with Crippen molar-refractivity contribution in [1.29, 1.82) is 0 Å². The van der Waals surface area contributed by atoms with E-state index in [1.807, 2.05) is 18.2 Å². The molecule has 0 saturated heterocycles. The van der Waals surface area contributed by atoms with Gasteiger partial charge in [0.15, 0.2) is 11.5 Å². The van der Waals surface area contributed by atoms with Crippen molar-refractivity contribution >= 4 is 21.6 Å². The van der Waals surface area contributed by atoms with Crippen LogP contribution in [0.5, 0.6) is 11.5 Å². The first-order chi connectivity index (χ1) is 12.5. The Balaban J connectivity index is 1.40. The summed E-state index contributed by atoms with van der Waals surface area (Å²) in [5.41, 5.74) is 1.46. The van der Waals surface area contributed by atoms with Gasteiger partial charge in [-0.1, -0.05) is 24.3 Å². The van der Waals surface area contributed by atoms with Crippen LogP contribution in [-0.4, -0.2) is 33.4 Å². The predicted octanol–water partition coefficient (Wildman–Crippen LogP) is 1.91. The summed E-state index contributed by atoms with van der Waals surface area (Å²) in [4.78, 5) is 11.9. The molecular formula is C18H20N2O5S. The van der Waals surface area contributed by atoms with E-state index in [0.29, 0.717) is 23.6 Å². The van der Waals surface area contributed by atoms with Gasteiger partial charge in [0.25, 0.3) is 0 Å². The van der Waals surface area contributed by atoms with Gasteiger partial charge < -0.3 is 14.8 Å². The van der Waals surface area contributed by atoms with E-state index in [9.17, 15) is 13.2 Å². The van der Waals surface area contributed by atoms with E-state index in [1.165, 1.54) is 0 Å². The van der Waals surface area contributed by atoms with E-state index in [-0.39, 0.29) is 31.4 Å². The molecule has 0 spiro atoms. The molecule has 0 aromatic heterocycles. The topological polar surface area (TPSA) is 93.7 Å². The third-order valence-corrected chi connectivity index (χ3v) is 5.11. The molecule has 0 radical (unpaired) electrons. The Morgan fingerprint density at radius 1 is 1.04 bits per heavy atom. The van der Waals surface area contributed by atoms with Crippen LogP contribution >= 0.6 is 0 Å². The van der Waals surface area contributed by atoms with Crippen LogP contribution in [0.2, 0.25) is 0 Å². The Hall–Kier alpha value is -2.74. The monoisotopic (exact) mass is 376 g/mol. The zero-order valence-corrected chi connectivity index (χ0v) is 14.9. The molecule has 138 valence electrons. The number of hydrogen-bond acceptors (Lipinski definition) is 5. The SMILES string of the molecule is O=C(CCc1ccc2c(c1)OCO2)NCCS(=O)(=O)Nc1ccccc1. The van der Waals surface area contributed by atoms with Gasteiger partial charge in [-0.25, -0.2) is 8.42 Å². The predicted molar refractivity (Wildman–Crippen MR) is 97.7 cm³/mol. The highest BCUT2D eigenvalue weighted by Gasteiger charge is 2.14. The summed E-state index contributed by atoms with van der Waals surface area (Å²) in [6, 6.07) is 14.2. The summed E-state index contributed by atoms with van der Waals surface area (Å²) >= 11 is 0. The zero-order valence-electron chi connectivity index (χ0n) is 14.1. The van der Waals surface area contributed by atoms with Gasteiger partial charge in [-0.05, 0) is 36.2 Å². The van der Waals surface area contributed by atoms with Crippen molar-refractivity contribution in [1.82, 2.24) is 5.32 Å². The van der Waals surface area contributed by atoms with Gasteiger partial charge in [0.1, 0.15) is 0 Å². The molecule has 1 heterocycles. The van der Waals surface area contributed by atoms with Gasteiger partial charge in [-0.15, -0.1) is 0 Å². The number of hydrogen-bond donors (Lipinski definition) is 2. The summed E-state index contributed by atoms with van der Waals surface area (Å²) in [6.45, 7) is 0.271. The van der Waals surface area contributed by atoms with Crippen LogP contribution in [0.25, 0.3) is 0 Å². The lowest BCUT2D eigenvalue weighted by Crippen LogP contribution is -2.31. The fourth-order valence-electron chi connectivity index (χ4n) is 2.50. The summed E-state index contributed by atoms with van der Waals surface area (Å²) in [7, 11) is -3.50. The Kier molecular flexibility index (Phi) is 5.62. The molecule has 0 fully saturated rings. The number of nitrogens with one attached hydrogen (secondary N) is 2. The average molecular weight is 376 g/mol. The molecule has 7 nitrogen and oxygen atoms in total. The highest BCUT2D eigenvalue weighted by atomic mass is 32.2. The Labute approximate surface area is 152 Å². The highest BCUT2D eigenvalue weighted by molar-refractivity contribution is 7.92. The molecule has 0 saturated carbocycles. The van der Waals surface area contributed by atoms with E-state index in [0.717, 1.165) is 5.56 Å². The molecule has 0 unspecified atom stereocenters. The van der Waals surface area contributed by atoms with Crippen molar-refractivity contribution < 1.29 is 22.7 Å². The summed E-state index contributed by atoms with van der Waals surface area (Å²) in [5, 5.41) is 2.63. The van der Waals surface area contributed by atoms with Crippen molar-refractivity contribution in [2.75, 3.05) is 23.8 Å². The first-order valence-electron chi connectivity index (χ1n) is 8.23. The van der Waals surface area contributed by atoms with Crippen LogP contribution in [0, 0.1) is 0 Å².